The standard InChI is InChI=1S/C28H47N3OSi2/c1-21(2)33(22(3)4,23(5)6)17-18-34(24(7)8,25(9)10)32-26(11)28-20-31(30-29-28)19-27-15-13-12-14-16-27/h12-16,20-26H,19H2,1-11H3/t26-/m1/s1. The Kier molecular flexibility index (Phi) is 9.94. The lowest BCUT2D eigenvalue weighted by Gasteiger charge is -2.40. The Morgan fingerprint density at radius 1 is 0.765 bits per heavy atom. The Balaban J connectivity index is 2.40. The molecule has 0 radical (unpaired) electrons. The third-order valence-corrected chi connectivity index (χ3v) is 18.8. The largest absolute Gasteiger partial charge is 0.396 e. The van der Waals surface area contributed by atoms with Crippen molar-refractivity contribution >= 4 is 16.4 Å². The summed E-state index contributed by atoms with van der Waals surface area (Å²) in [4.78, 5) is 0. The fourth-order valence-corrected chi connectivity index (χ4v) is 15.3. The Morgan fingerprint density at radius 2 is 1.29 bits per heavy atom. The Labute approximate surface area is 211 Å². The van der Waals surface area contributed by atoms with Crippen LogP contribution < -0.4 is 0 Å². The van der Waals surface area contributed by atoms with Crippen LogP contribution in [0.25, 0.3) is 0 Å². The molecule has 2 aromatic rings. The Bertz CT molecular complexity index is 925. The minimum atomic E-state index is -2.41. The maximum absolute atomic E-state index is 7.02. The monoisotopic (exact) mass is 497 g/mol. The highest BCUT2D eigenvalue weighted by atomic mass is 28.4. The maximum Gasteiger partial charge on any atom is 0.276 e. The molecule has 0 saturated heterocycles. The Morgan fingerprint density at radius 3 is 1.76 bits per heavy atom. The summed E-state index contributed by atoms with van der Waals surface area (Å²) in [6.07, 6.45) is 1.89. The van der Waals surface area contributed by atoms with Crippen molar-refractivity contribution in [2.75, 3.05) is 0 Å². The summed E-state index contributed by atoms with van der Waals surface area (Å²) in [7, 11) is -4.25. The molecule has 1 aromatic carbocycles. The van der Waals surface area contributed by atoms with Crippen LogP contribution in [0.4, 0.5) is 0 Å². The quantitative estimate of drug-likeness (QED) is 0.247. The van der Waals surface area contributed by atoms with E-state index < -0.39 is 16.4 Å². The molecule has 0 aliphatic rings. The summed E-state index contributed by atoms with van der Waals surface area (Å²) >= 11 is 0. The summed E-state index contributed by atoms with van der Waals surface area (Å²) in [5, 5.41) is 8.86. The van der Waals surface area contributed by atoms with E-state index in [1.807, 2.05) is 16.9 Å². The van der Waals surface area contributed by atoms with Gasteiger partial charge in [-0.15, -0.1) is 16.2 Å². The van der Waals surface area contributed by atoms with Gasteiger partial charge >= 0.3 is 0 Å². The van der Waals surface area contributed by atoms with Crippen LogP contribution in [0.2, 0.25) is 27.7 Å². The zero-order valence-corrected chi connectivity index (χ0v) is 25.4. The fourth-order valence-electron chi connectivity index (χ4n) is 5.60. The topological polar surface area (TPSA) is 39.9 Å². The van der Waals surface area contributed by atoms with Gasteiger partial charge in [-0.2, -0.15) is 0 Å². The number of benzene rings is 1. The lowest BCUT2D eigenvalue weighted by atomic mass is 10.2. The first-order chi connectivity index (χ1) is 15.9. The first kappa shape index (κ1) is 28.6. The summed E-state index contributed by atoms with van der Waals surface area (Å²) in [6, 6.07) is 10.4. The van der Waals surface area contributed by atoms with Gasteiger partial charge in [0.05, 0.1) is 18.8 Å². The number of aromatic nitrogens is 3. The van der Waals surface area contributed by atoms with Crippen molar-refractivity contribution in [1.29, 1.82) is 0 Å². The summed E-state index contributed by atoms with van der Waals surface area (Å²) in [6.45, 7) is 26.3. The molecular weight excluding hydrogens is 451 g/mol. The van der Waals surface area contributed by atoms with E-state index in [1.165, 1.54) is 5.56 Å². The molecule has 0 amide bonds. The minimum Gasteiger partial charge on any atom is -0.396 e. The Hall–Kier alpha value is -1.69. The van der Waals surface area contributed by atoms with Gasteiger partial charge in [-0.3, -0.25) is 0 Å². The molecule has 1 aromatic heterocycles. The van der Waals surface area contributed by atoms with Gasteiger partial charge in [0.1, 0.15) is 13.8 Å². The molecule has 4 nitrogen and oxygen atoms in total. The van der Waals surface area contributed by atoms with Crippen LogP contribution in [0.5, 0.6) is 0 Å². The molecule has 0 aliphatic heterocycles. The normalized spacial score (nSPS) is 13.8. The number of hydrogen-bond donors (Lipinski definition) is 0. The lowest BCUT2D eigenvalue weighted by Crippen LogP contribution is -2.48. The number of hydrogen-bond acceptors (Lipinski definition) is 3. The van der Waals surface area contributed by atoms with Gasteiger partial charge in [0, 0.05) is 0 Å². The zero-order valence-electron chi connectivity index (χ0n) is 23.4. The highest BCUT2D eigenvalue weighted by Gasteiger charge is 2.46. The van der Waals surface area contributed by atoms with Crippen molar-refractivity contribution < 1.29 is 4.43 Å². The van der Waals surface area contributed by atoms with Crippen molar-refractivity contribution in [3.63, 3.8) is 0 Å². The first-order valence-corrected chi connectivity index (χ1v) is 17.3. The fraction of sp³-hybridized carbons (Fsp3) is 0.643. The molecule has 2 rings (SSSR count). The molecule has 0 bridgehead atoms. The van der Waals surface area contributed by atoms with Crippen LogP contribution in [0, 0.1) is 11.1 Å². The van der Waals surface area contributed by atoms with Gasteiger partial charge in [0.15, 0.2) is 0 Å². The highest BCUT2D eigenvalue weighted by molar-refractivity contribution is 6.93. The molecule has 6 heteroatoms. The van der Waals surface area contributed by atoms with Crippen LogP contribution in [0.15, 0.2) is 36.5 Å². The van der Waals surface area contributed by atoms with E-state index in [0.717, 1.165) is 5.69 Å². The summed E-state index contributed by atoms with van der Waals surface area (Å²) < 4.78 is 8.92. The average Bonchev–Trinajstić information content (AvgIpc) is 3.21. The third kappa shape index (κ3) is 6.11. The highest BCUT2D eigenvalue weighted by Crippen LogP contribution is 2.42. The van der Waals surface area contributed by atoms with Crippen molar-refractivity contribution in [3.8, 4) is 11.1 Å². The summed E-state index contributed by atoms with van der Waals surface area (Å²) in [5.74, 6) is 0. The molecule has 0 spiro atoms. The smallest absolute Gasteiger partial charge is 0.276 e. The van der Waals surface area contributed by atoms with Crippen LogP contribution in [0.3, 0.4) is 0 Å². The zero-order chi connectivity index (χ0) is 25.7. The average molecular weight is 498 g/mol. The van der Waals surface area contributed by atoms with E-state index >= 15 is 0 Å². The molecule has 0 unspecified atom stereocenters. The van der Waals surface area contributed by atoms with Crippen molar-refractivity contribution in [3.05, 3.63) is 47.8 Å². The van der Waals surface area contributed by atoms with Gasteiger partial charge < -0.3 is 4.43 Å². The second-order valence-electron chi connectivity index (χ2n) is 11.3. The second kappa shape index (κ2) is 11.8. The molecule has 0 N–H and O–H groups in total. The van der Waals surface area contributed by atoms with E-state index in [9.17, 15) is 0 Å². The number of rotatable bonds is 10. The van der Waals surface area contributed by atoms with Crippen molar-refractivity contribution in [2.24, 2.45) is 0 Å². The maximum atomic E-state index is 7.02. The van der Waals surface area contributed by atoms with Gasteiger partial charge in [-0.25, -0.2) is 4.68 Å². The molecule has 0 saturated carbocycles. The van der Waals surface area contributed by atoms with Crippen LogP contribution in [0.1, 0.15) is 93.5 Å². The first-order valence-electron chi connectivity index (χ1n) is 13.0. The third-order valence-electron chi connectivity index (χ3n) is 7.59. The molecule has 1 atom stereocenters. The van der Waals surface area contributed by atoms with Crippen LogP contribution in [-0.2, 0) is 11.0 Å². The molecule has 34 heavy (non-hydrogen) atoms. The molecule has 1 heterocycles. The second-order valence-corrected chi connectivity index (χ2v) is 21.3. The molecule has 0 aliphatic carbocycles. The molecule has 188 valence electrons. The van der Waals surface area contributed by atoms with E-state index in [4.69, 9.17) is 4.43 Å². The van der Waals surface area contributed by atoms with Gasteiger partial charge in [-0.05, 0) is 40.2 Å². The lowest BCUT2D eigenvalue weighted by molar-refractivity contribution is 0.203. The van der Waals surface area contributed by atoms with Crippen LogP contribution in [-0.4, -0.2) is 31.4 Å². The minimum absolute atomic E-state index is 0.136. The van der Waals surface area contributed by atoms with Gasteiger partial charge in [-0.1, -0.05) is 105 Å². The van der Waals surface area contributed by atoms with Crippen molar-refractivity contribution in [1.82, 2.24) is 15.0 Å². The molecule has 0 fully saturated rings. The number of nitrogens with zero attached hydrogens (tertiary/aromatic N) is 3. The van der Waals surface area contributed by atoms with Crippen LogP contribution >= 0.6 is 0 Å². The van der Waals surface area contributed by atoms with Gasteiger partial charge in [0.25, 0.3) is 8.32 Å². The van der Waals surface area contributed by atoms with E-state index in [0.29, 0.717) is 34.3 Å². The van der Waals surface area contributed by atoms with E-state index in [2.05, 4.69) is 122 Å². The summed E-state index contributed by atoms with van der Waals surface area (Å²) in [5.41, 5.74) is 12.7. The van der Waals surface area contributed by atoms with E-state index in [-0.39, 0.29) is 6.10 Å². The predicted molar refractivity (Wildman–Crippen MR) is 150 cm³/mol. The van der Waals surface area contributed by atoms with Crippen molar-refractivity contribution in [2.45, 2.75) is 117 Å². The van der Waals surface area contributed by atoms with E-state index in [1.54, 1.807) is 0 Å². The molecular formula is C28H47N3OSi2. The SMILES string of the molecule is CC(C)[Si](C#C[Si](C(C)C)(C(C)C)C(C)C)(O[C@H](C)c1cn(Cc2ccccc2)nn1)C(C)C. The van der Waals surface area contributed by atoms with Gasteiger partial charge in [0.2, 0.25) is 0 Å². The predicted octanol–water partition coefficient (Wildman–Crippen LogP) is 7.93.